The van der Waals surface area contributed by atoms with Gasteiger partial charge in [-0.2, -0.15) is 0 Å². The SMILES string of the molecule is Cc1cccc(C(=O)NC(C)C2CCOCC2)c1O. The van der Waals surface area contributed by atoms with Crippen LogP contribution < -0.4 is 5.32 Å². The summed E-state index contributed by atoms with van der Waals surface area (Å²) < 4.78 is 5.32. The van der Waals surface area contributed by atoms with Crippen LogP contribution in [0.15, 0.2) is 18.2 Å². The van der Waals surface area contributed by atoms with E-state index < -0.39 is 0 Å². The van der Waals surface area contributed by atoms with Crippen LogP contribution in [0.2, 0.25) is 0 Å². The molecule has 104 valence electrons. The number of nitrogens with one attached hydrogen (secondary N) is 1. The number of phenolic OH excluding ortho intramolecular Hbond substituents is 1. The maximum Gasteiger partial charge on any atom is 0.255 e. The predicted molar refractivity (Wildman–Crippen MR) is 73.3 cm³/mol. The number of benzene rings is 1. The van der Waals surface area contributed by atoms with Crippen LogP contribution >= 0.6 is 0 Å². The third kappa shape index (κ3) is 3.26. The summed E-state index contributed by atoms with van der Waals surface area (Å²) in [6.45, 7) is 5.33. The molecule has 1 unspecified atom stereocenters. The summed E-state index contributed by atoms with van der Waals surface area (Å²) in [6, 6.07) is 5.31. The Morgan fingerprint density at radius 2 is 2.11 bits per heavy atom. The molecule has 1 saturated heterocycles. The van der Waals surface area contributed by atoms with Crippen molar-refractivity contribution in [3.05, 3.63) is 29.3 Å². The van der Waals surface area contributed by atoms with E-state index in [4.69, 9.17) is 4.74 Å². The number of hydrogen-bond acceptors (Lipinski definition) is 3. The Balaban J connectivity index is 2.02. The molecule has 1 aliphatic heterocycles. The molecule has 1 aromatic rings. The molecular formula is C15H21NO3. The zero-order valence-electron chi connectivity index (χ0n) is 11.5. The number of ether oxygens (including phenoxy) is 1. The third-order valence-corrected chi connectivity index (χ3v) is 3.81. The highest BCUT2D eigenvalue weighted by molar-refractivity contribution is 5.97. The van der Waals surface area contributed by atoms with Gasteiger partial charge in [-0.3, -0.25) is 4.79 Å². The molecule has 2 rings (SSSR count). The first-order valence-corrected chi connectivity index (χ1v) is 6.76. The molecule has 4 nitrogen and oxygen atoms in total. The Hall–Kier alpha value is -1.55. The number of para-hydroxylation sites is 1. The molecule has 1 amide bonds. The highest BCUT2D eigenvalue weighted by Gasteiger charge is 2.23. The molecule has 0 spiro atoms. The second-order valence-electron chi connectivity index (χ2n) is 5.18. The smallest absolute Gasteiger partial charge is 0.255 e. The molecule has 19 heavy (non-hydrogen) atoms. The van der Waals surface area contributed by atoms with Crippen LogP contribution in [0.1, 0.15) is 35.7 Å². The molecule has 4 heteroatoms. The van der Waals surface area contributed by atoms with Crippen LogP contribution in [-0.2, 0) is 4.74 Å². The topological polar surface area (TPSA) is 58.6 Å². The zero-order chi connectivity index (χ0) is 13.8. The van der Waals surface area contributed by atoms with Crippen LogP contribution in [0, 0.1) is 12.8 Å². The van der Waals surface area contributed by atoms with Gasteiger partial charge in [0.05, 0.1) is 5.56 Å². The molecule has 1 atom stereocenters. The average molecular weight is 263 g/mol. The van der Waals surface area contributed by atoms with Crippen molar-refractivity contribution >= 4 is 5.91 Å². The first kappa shape index (κ1) is 13.9. The van der Waals surface area contributed by atoms with Gasteiger partial charge < -0.3 is 15.2 Å². The van der Waals surface area contributed by atoms with E-state index in [9.17, 15) is 9.90 Å². The summed E-state index contributed by atoms with van der Waals surface area (Å²) >= 11 is 0. The Morgan fingerprint density at radius 1 is 1.42 bits per heavy atom. The Kier molecular flexibility index (Phi) is 4.43. The largest absolute Gasteiger partial charge is 0.507 e. The standard InChI is InChI=1S/C15H21NO3/c1-10-4-3-5-13(14(10)17)15(18)16-11(2)12-6-8-19-9-7-12/h3-5,11-12,17H,6-9H2,1-2H3,(H,16,18). The Morgan fingerprint density at radius 3 is 2.79 bits per heavy atom. The van der Waals surface area contributed by atoms with Gasteiger partial charge in [-0.15, -0.1) is 0 Å². The number of phenols is 1. The molecule has 0 radical (unpaired) electrons. The molecule has 1 heterocycles. The van der Waals surface area contributed by atoms with Crippen molar-refractivity contribution in [3.63, 3.8) is 0 Å². The lowest BCUT2D eigenvalue weighted by atomic mass is 9.92. The highest BCUT2D eigenvalue weighted by Crippen LogP contribution is 2.23. The van der Waals surface area contributed by atoms with Gasteiger partial charge in [-0.05, 0) is 44.2 Å². The molecule has 1 aliphatic rings. The zero-order valence-corrected chi connectivity index (χ0v) is 11.5. The van der Waals surface area contributed by atoms with Crippen molar-refractivity contribution in [3.8, 4) is 5.75 Å². The van der Waals surface area contributed by atoms with Gasteiger partial charge in [-0.25, -0.2) is 0 Å². The summed E-state index contributed by atoms with van der Waals surface area (Å²) in [4.78, 5) is 12.2. The normalized spacial score (nSPS) is 18.0. The number of aryl methyl sites for hydroxylation is 1. The Bertz CT molecular complexity index is 453. The van der Waals surface area contributed by atoms with Crippen molar-refractivity contribution in [1.82, 2.24) is 5.32 Å². The lowest BCUT2D eigenvalue weighted by molar-refractivity contribution is 0.0538. The van der Waals surface area contributed by atoms with E-state index >= 15 is 0 Å². The van der Waals surface area contributed by atoms with Crippen molar-refractivity contribution in [2.24, 2.45) is 5.92 Å². The fraction of sp³-hybridized carbons (Fsp3) is 0.533. The van der Waals surface area contributed by atoms with Crippen LogP contribution in [0.3, 0.4) is 0 Å². The third-order valence-electron chi connectivity index (χ3n) is 3.81. The number of rotatable bonds is 3. The van der Waals surface area contributed by atoms with E-state index in [1.54, 1.807) is 25.1 Å². The number of carbonyl (C=O) groups excluding carboxylic acids is 1. The molecule has 1 aromatic carbocycles. The summed E-state index contributed by atoms with van der Waals surface area (Å²) in [5.74, 6) is 0.309. The molecule has 0 bridgehead atoms. The van der Waals surface area contributed by atoms with E-state index in [1.165, 1.54) is 0 Å². The second kappa shape index (κ2) is 6.06. The summed E-state index contributed by atoms with van der Waals surface area (Å²) in [7, 11) is 0. The fourth-order valence-corrected chi connectivity index (χ4v) is 2.46. The maximum absolute atomic E-state index is 12.2. The minimum atomic E-state index is -0.208. The van der Waals surface area contributed by atoms with Gasteiger partial charge in [0.2, 0.25) is 0 Å². The van der Waals surface area contributed by atoms with Crippen LogP contribution in [-0.4, -0.2) is 30.3 Å². The first-order valence-electron chi connectivity index (χ1n) is 6.76. The maximum atomic E-state index is 12.2. The van der Waals surface area contributed by atoms with Gasteiger partial charge >= 0.3 is 0 Å². The van der Waals surface area contributed by atoms with E-state index in [-0.39, 0.29) is 17.7 Å². The van der Waals surface area contributed by atoms with Crippen molar-refractivity contribution in [2.45, 2.75) is 32.7 Å². The van der Waals surface area contributed by atoms with E-state index in [2.05, 4.69) is 5.32 Å². The summed E-state index contributed by atoms with van der Waals surface area (Å²) in [5.41, 5.74) is 1.06. The highest BCUT2D eigenvalue weighted by atomic mass is 16.5. The Labute approximate surface area is 113 Å². The molecule has 2 N–H and O–H groups in total. The molecule has 0 aliphatic carbocycles. The van der Waals surface area contributed by atoms with E-state index in [1.807, 2.05) is 6.92 Å². The lowest BCUT2D eigenvalue weighted by Gasteiger charge is -2.28. The lowest BCUT2D eigenvalue weighted by Crippen LogP contribution is -2.40. The molecule has 0 aromatic heterocycles. The van der Waals surface area contributed by atoms with Gasteiger partial charge in [0, 0.05) is 19.3 Å². The number of aromatic hydroxyl groups is 1. The summed E-state index contributed by atoms with van der Waals surface area (Å²) in [6.07, 6.45) is 1.95. The minimum Gasteiger partial charge on any atom is -0.507 e. The molecule has 0 saturated carbocycles. The van der Waals surface area contributed by atoms with Crippen molar-refractivity contribution in [2.75, 3.05) is 13.2 Å². The van der Waals surface area contributed by atoms with Crippen molar-refractivity contribution < 1.29 is 14.6 Å². The number of amides is 1. The minimum absolute atomic E-state index is 0.0687. The summed E-state index contributed by atoms with van der Waals surface area (Å²) in [5, 5.41) is 12.9. The van der Waals surface area contributed by atoms with E-state index in [0.717, 1.165) is 26.1 Å². The molecule has 1 fully saturated rings. The van der Waals surface area contributed by atoms with Gasteiger partial charge in [0.25, 0.3) is 5.91 Å². The number of carbonyl (C=O) groups is 1. The quantitative estimate of drug-likeness (QED) is 0.879. The van der Waals surface area contributed by atoms with Crippen molar-refractivity contribution in [1.29, 1.82) is 0 Å². The van der Waals surface area contributed by atoms with Crippen LogP contribution in [0.25, 0.3) is 0 Å². The van der Waals surface area contributed by atoms with Gasteiger partial charge in [0.15, 0.2) is 0 Å². The molecular weight excluding hydrogens is 242 g/mol. The monoisotopic (exact) mass is 263 g/mol. The second-order valence-corrected chi connectivity index (χ2v) is 5.18. The van der Waals surface area contributed by atoms with Crippen LogP contribution in [0.5, 0.6) is 5.75 Å². The van der Waals surface area contributed by atoms with Crippen LogP contribution in [0.4, 0.5) is 0 Å². The number of hydrogen-bond donors (Lipinski definition) is 2. The van der Waals surface area contributed by atoms with E-state index in [0.29, 0.717) is 17.0 Å². The fourth-order valence-electron chi connectivity index (χ4n) is 2.46. The average Bonchev–Trinajstić information content (AvgIpc) is 2.42. The predicted octanol–water partition coefficient (Wildman–Crippen LogP) is 2.25. The van der Waals surface area contributed by atoms with Gasteiger partial charge in [-0.1, -0.05) is 12.1 Å². The van der Waals surface area contributed by atoms with Gasteiger partial charge in [0.1, 0.15) is 5.75 Å². The first-order chi connectivity index (χ1) is 9.09.